The zero-order valence-electron chi connectivity index (χ0n) is 70.3. The van der Waals surface area contributed by atoms with Crippen molar-refractivity contribution < 1.29 is 48.4 Å². The summed E-state index contributed by atoms with van der Waals surface area (Å²) in [6.45, 7) is 11.4. The zero-order valence-corrected chi connectivity index (χ0v) is 74.4. The first-order chi connectivity index (χ1) is 60.7. The van der Waals surface area contributed by atoms with E-state index in [1.807, 2.05) is 55.8 Å². The standard InChI is InChI=1S/C26H27N3O2S.C20H19N3O4S.C20H21N3O2S.C14H15N3O2.C8H6N2O2.C6H5ClO2S/c1-19-9-10-20(2)29(19)22-11-12-24-25(21-13-15-27(3)16-14-21)18-28(26(24)17-22)32(30,31)23-7-5-4-6-8-23;1-21-11-9-15(10-12-21)19-14-22(28(26,27)17-5-3-2-4-6-17)20-13-16(23(24)25)7-8-18(19)20;1-22-11-9-15(10-12-22)19-14-23(20-13-16(21)7-8-18(19)20)26(24,25)17-5-3-2-4-6-17;1-16-6-4-10(5-7-16)13-9-15-14-8-11(17(18)19)2-3-12(13)14;11-10(12)7-2-1-6-3-4-9-8(6)5-7;7-10(8,9)6-4-2-1-3-5-6/h4-13,17-18H,14-16H2,1-3H3;2-9,13-14H,10-12H2,1H3;2-9,13-14H,10-12,21H2,1H3;2-4,8-9,15H,5-7H2,1H3;1-5,9H;1-5H. The average Bonchev–Trinajstić information content (AvgIpc) is 1.60. The number of likely N-dealkylation sites (N-methyl/N-ethyl adjacent to an activating group) is 4. The Hall–Kier alpha value is -13.2. The van der Waals surface area contributed by atoms with Gasteiger partial charge in [0.2, 0.25) is 0 Å². The van der Waals surface area contributed by atoms with Crippen LogP contribution in [0.2, 0.25) is 0 Å². The number of benzene rings is 9. The lowest BCUT2D eigenvalue weighted by Gasteiger charge is -2.21. The molecule has 654 valence electrons. The summed E-state index contributed by atoms with van der Waals surface area (Å²) in [4.78, 5) is 46.9. The van der Waals surface area contributed by atoms with E-state index < -0.39 is 49.0 Å². The molecule has 0 aliphatic carbocycles. The number of nitrogen functional groups attached to an aromatic ring is 1. The second kappa shape index (κ2) is 38.4. The van der Waals surface area contributed by atoms with Gasteiger partial charge in [-0.05, 0) is 205 Å². The van der Waals surface area contributed by atoms with Crippen LogP contribution in [0.4, 0.5) is 22.7 Å². The fourth-order valence-corrected chi connectivity index (χ4v) is 20.6. The maximum absolute atomic E-state index is 13.7. The SMILES string of the molecule is CN1CC=C(c2c[nH]c3cc([N+](=O)[O-])ccc23)CC1.CN1CC=C(c2cn(S(=O)(=O)c3ccccc3)c3cc(N)ccc23)CC1.CN1CC=C(c2cn(S(=O)(=O)c3ccccc3)c3cc([N+](=O)[O-])ccc23)CC1.Cc1ccc(C)n1-c1ccc2c(C3=CCN(C)CC3)cn(S(=O)(=O)c3ccccc3)c2c1.O=S(=O)(Cl)c1ccccc1.O=[N+]([O-])c1ccc2cc[nH]c2c1. The number of fused-ring (bicyclic) bond motifs is 5. The van der Waals surface area contributed by atoms with Crippen LogP contribution < -0.4 is 5.73 Å². The lowest BCUT2D eigenvalue weighted by molar-refractivity contribution is -0.384. The summed E-state index contributed by atoms with van der Waals surface area (Å²) in [6.07, 6.45) is 21.1. The molecule has 0 saturated heterocycles. The molecule has 0 unspecified atom stereocenters. The third-order valence-electron chi connectivity index (χ3n) is 22.6. The predicted octanol–water partition coefficient (Wildman–Crippen LogP) is 18.2. The highest BCUT2D eigenvalue weighted by Crippen LogP contribution is 2.40. The Balaban J connectivity index is 0.000000128. The van der Waals surface area contributed by atoms with Gasteiger partial charge in [-0.1, -0.05) is 109 Å². The van der Waals surface area contributed by atoms with E-state index in [0.717, 1.165) is 156 Å². The maximum atomic E-state index is 13.7. The summed E-state index contributed by atoms with van der Waals surface area (Å²) in [6, 6.07) is 64.9. The molecule has 0 spiro atoms. The van der Waals surface area contributed by atoms with Gasteiger partial charge in [0.05, 0.1) is 61.9 Å². The highest BCUT2D eigenvalue weighted by atomic mass is 35.7. The molecule has 10 heterocycles. The van der Waals surface area contributed by atoms with Crippen LogP contribution in [-0.4, -0.2) is 175 Å². The van der Waals surface area contributed by atoms with Crippen LogP contribution in [0.5, 0.6) is 0 Å². The van der Waals surface area contributed by atoms with Gasteiger partial charge in [-0.3, -0.25) is 30.3 Å². The number of nitro groups is 3. The topological polar surface area (TPSA) is 356 Å². The van der Waals surface area contributed by atoms with E-state index in [2.05, 4.69) is 118 Å². The molecule has 0 bridgehead atoms. The number of halogens is 1. The highest BCUT2D eigenvalue weighted by Gasteiger charge is 2.29. The molecule has 6 aromatic heterocycles. The number of aryl methyl sites for hydroxylation is 2. The number of nitrogens with zero attached hydrogens (tertiary/aromatic N) is 11. The summed E-state index contributed by atoms with van der Waals surface area (Å²) >= 11 is 0. The molecule has 4 N–H and O–H groups in total. The molecule has 28 nitrogen and oxygen atoms in total. The lowest BCUT2D eigenvalue weighted by atomic mass is 9.99. The summed E-state index contributed by atoms with van der Waals surface area (Å²) in [5.74, 6) is 0. The highest BCUT2D eigenvalue weighted by molar-refractivity contribution is 8.13. The molecule has 9 aromatic carbocycles. The molecule has 19 rings (SSSR count). The van der Waals surface area contributed by atoms with Gasteiger partial charge in [0.25, 0.3) is 56.2 Å². The summed E-state index contributed by atoms with van der Waals surface area (Å²) in [5, 5.41) is 37.0. The fourth-order valence-electron chi connectivity index (χ4n) is 15.7. The van der Waals surface area contributed by atoms with Crippen LogP contribution in [0.15, 0.2) is 305 Å². The Kier molecular flexibility index (Phi) is 27.2. The summed E-state index contributed by atoms with van der Waals surface area (Å²) < 4.78 is 108. The molecular formula is C94H93ClN14O14S4. The summed E-state index contributed by atoms with van der Waals surface area (Å²) in [5.41, 5.74) is 21.7. The summed E-state index contributed by atoms with van der Waals surface area (Å²) in [7, 11) is -1.49. The van der Waals surface area contributed by atoms with Gasteiger partial charge in [0, 0.05) is 197 Å². The number of H-pyrrole nitrogens is 2. The van der Waals surface area contributed by atoms with Crippen LogP contribution in [0.3, 0.4) is 0 Å². The fraction of sp³-hybridized carbons (Fsp3) is 0.191. The van der Waals surface area contributed by atoms with Crippen molar-refractivity contribution in [3.05, 3.63) is 350 Å². The monoisotopic (exact) mass is 1800 g/mol. The molecule has 0 saturated carbocycles. The van der Waals surface area contributed by atoms with Crippen LogP contribution in [0.25, 0.3) is 82.5 Å². The van der Waals surface area contributed by atoms with Gasteiger partial charge in [-0.15, -0.1) is 0 Å². The van der Waals surface area contributed by atoms with Crippen molar-refractivity contribution in [3.8, 4) is 5.69 Å². The van der Waals surface area contributed by atoms with Crippen molar-refractivity contribution in [3.63, 3.8) is 0 Å². The van der Waals surface area contributed by atoms with E-state index in [-0.39, 0.29) is 36.7 Å². The number of nitro benzene ring substituents is 3. The van der Waals surface area contributed by atoms with Gasteiger partial charge < -0.3 is 39.9 Å². The molecule has 0 fully saturated rings. The number of aromatic amines is 2. The van der Waals surface area contributed by atoms with Crippen LogP contribution in [-0.2, 0) is 39.1 Å². The lowest BCUT2D eigenvalue weighted by Crippen LogP contribution is -2.23. The van der Waals surface area contributed by atoms with Crippen molar-refractivity contribution in [1.29, 1.82) is 0 Å². The minimum atomic E-state index is -3.88. The largest absolute Gasteiger partial charge is 0.399 e. The number of anilines is 1. The van der Waals surface area contributed by atoms with Gasteiger partial charge in [-0.2, -0.15) is 0 Å². The third-order valence-corrected chi connectivity index (χ3v) is 29.1. The Morgan fingerprint density at radius 2 is 0.717 bits per heavy atom. The van der Waals surface area contributed by atoms with E-state index in [9.17, 15) is 64.0 Å². The molecule has 15 aromatic rings. The normalized spacial score (nSPS) is 14.9. The Morgan fingerprint density at radius 3 is 1.10 bits per heavy atom. The van der Waals surface area contributed by atoms with E-state index in [1.165, 1.54) is 77.2 Å². The van der Waals surface area contributed by atoms with Crippen LogP contribution in [0.1, 0.15) is 59.3 Å². The Bertz CT molecular complexity index is 7270. The van der Waals surface area contributed by atoms with E-state index in [4.69, 9.17) is 16.4 Å². The molecule has 33 heteroatoms. The van der Waals surface area contributed by atoms with E-state index in [1.54, 1.807) is 140 Å². The number of rotatable bonds is 15. The molecule has 0 radical (unpaired) electrons. The van der Waals surface area contributed by atoms with E-state index in [0.29, 0.717) is 32.5 Å². The minimum absolute atomic E-state index is 0.116. The zero-order chi connectivity index (χ0) is 90.2. The van der Waals surface area contributed by atoms with Gasteiger partial charge in [0.1, 0.15) is 0 Å². The number of hydrogen-bond acceptors (Lipinski definition) is 19. The molecule has 127 heavy (non-hydrogen) atoms. The average molecular weight is 1810 g/mol. The maximum Gasteiger partial charge on any atom is 0.271 e. The first kappa shape index (κ1) is 90.1. The van der Waals surface area contributed by atoms with Gasteiger partial charge in [-0.25, -0.2) is 45.6 Å². The van der Waals surface area contributed by atoms with Crippen molar-refractivity contribution in [1.82, 2.24) is 46.1 Å². The van der Waals surface area contributed by atoms with Crippen molar-refractivity contribution in [2.24, 2.45) is 0 Å². The number of hydrogen-bond donors (Lipinski definition) is 3. The first-order valence-corrected chi connectivity index (χ1v) is 47.3. The van der Waals surface area contributed by atoms with Crippen LogP contribution >= 0.6 is 10.7 Å². The smallest absolute Gasteiger partial charge is 0.271 e. The van der Waals surface area contributed by atoms with E-state index >= 15 is 0 Å². The minimum Gasteiger partial charge on any atom is -0.399 e. The van der Waals surface area contributed by atoms with Gasteiger partial charge >= 0.3 is 0 Å². The van der Waals surface area contributed by atoms with Crippen molar-refractivity contribution in [2.75, 3.05) is 86.3 Å². The number of non-ortho nitro benzene ring substituents is 3. The second-order valence-corrected chi connectivity index (χ2v) is 39.3. The second-order valence-electron chi connectivity index (χ2n) is 31.3. The third kappa shape index (κ3) is 20.2. The van der Waals surface area contributed by atoms with Crippen molar-refractivity contribution >= 4 is 149 Å². The molecule has 0 amide bonds. The van der Waals surface area contributed by atoms with Crippen molar-refractivity contribution in [2.45, 2.75) is 59.1 Å². The predicted molar refractivity (Wildman–Crippen MR) is 503 cm³/mol. The molecule has 4 aliphatic heterocycles. The Labute approximate surface area is 739 Å². The Morgan fingerprint density at radius 1 is 0.370 bits per heavy atom. The molecular weight excluding hydrogens is 1710 g/mol. The number of nitrogens with one attached hydrogen (secondary N) is 2. The number of nitrogens with two attached hydrogens (primary N) is 1. The molecule has 4 aliphatic rings. The molecule has 0 atom stereocenters. The number of aromatic nitrogens is 6. The first-order valence-electron chi connectivity index (χ1n) is 40.6. The van der Waals surface area contributed by atoms with Crippen LogP contribution in [0, 0.1) is 44.2 Å². The quantitative estimate of drug-likeness (QED) is 0.0371. The van der Waals surface area contributed by atoms with Gasteiger partial charge in [0.15, 0.2) is 0 Å².